The van der Waals surface area contributed by atoms with Gasteiger partial charge in [0, 0.05) is 38.3 Å². The van der Waals surface area contributed by atoms with Crippen LogP contribution in [0.2, 0.25) is 0 Å². The average Bonchev–Trinajstić information content (AvgIpc) is 3.37. The number of amides is 1. The SMILES string of the molecule is COc1ccnc(N2CCC(=O)N(CC3CC3)[C@@H](C(C)C)C2)n1. The van der Waals surface area contributed by atoms with Gasteiger partial charge in [-0.25, -0.2) is 4.98 Å². The summed E-state index contributed by atoms with van der Waals surface area (Å²) >= 11 is 0. The van der Waals surface area contributed by atoms with Gasteiger partial charge in [-0.05, 0) is 24.7 Å². The van der Waals surface area contributed by atoms with Gasteiger partial charge < -0.3 is 14.5 Å². The molecule has 6 heteroatoms. The number of nitrogens with zero attached hydrogens (tertiary/aromatic N) is 4. The van der Waals surface area contributed by atoms with E-state index in [0.29, 0.717) is 36.6 Å². The van der Waals surface area contributed by atoms with Gasteiger partial charge in [-0.1, -0.05) is 13.8 Å². The lowest BCUT2D eigenvalue weighted by Gasteiger charge is -2.34. The summed E-state index contributed by atoms with van der Waals surface area (Å²) in [4.78, 5) is 25.7. The average molecular weight is 318 g/mol. The van der Waals surface area contributed by atoms with Crippen LogP contribution in [0.4, 0.5) is 5.95 Å². The number of rotatable bonds is 5. The van der Waals surface area contributed by atoms with Crippen LogP contribution < -0.4 is 9.64 Å². The smallest absolute Gasteiger partial charge is 0.228 e. The van der Waals surface area contributed by atoms with Gasteiger partial charge in [0.05, 0.1) is 13.2 Å². The second kappa shape index (κ2) is 6.72. The molecule has 0 spiro atoms. The Hall–Kier alpha value is -1.85. The number of anilines is 1. The molecule has 1 aliphatic carbocycles. The molecule has 0 unspecified atom stereocenters. The maximum atomic E-state index is 12.6. The molecule has 1 saturated carbocycles. The van der Waals surface area contributed by atoms with Crippen molar-refractivity contribution in [1.29, 1.82) is 0 Å². The molecule has 1 amide bonds. The topological polar surface area (TPSA) is 58.6 Å². The Kier molecular flexibility index (Phi) is 4.68. The predicted octanol–water partition coefficient (Wildman–Crippen LogP) is 1.96. The first-order valence-electron chi connectivity index (χ1n) is 8.50. The molecule has 1 aromatic heterocycles. The lowest BCUT2D eigenvalue weighted by Crippen LogP contribution is -2.47. The van der Waals surface area contributed by atoms with Crippen LogP contribution >= 0.6 is 0 Å². The standard InChI is InChI=1S/C17H26N4O2/c1-12(2)14-11-20(17-18-8-6-15(19-17)23-3)9-7-16(22)21(14)10-13-4-5-13/h6,8,12-14H,4-5,7,9-11H2,1-3H3/t14-/m1/s1. The molecule has 1 atom stereocenters. The summed E-state index contributed by atoms with van der Waals surface area (Å²) in [7, 11) is 1.60. The van der Waals surface area contributed by atoms with Crippen molar-refractivity contribution in [3.63, 3.8) is 0 Å². The van der Waals surface area contributed by atoms with E-state index in [9.17, 15) is 4.79 Å². The predicted molar refractivity (Wildman–Crippen MR) is 88.5 cm³/mol. The molecular formula is C17H26N4O2. The third kappa shape index (κ3) is 3.74. The van der Waals surface area contributed by atoms with E-state index in [2.05, 4.69) is 33.6 Å². The van der Waals surface area contributed by atoms with Gasteiger partial charge in [-0.15, -0.1) is 0 Å². The van der Waals surface area contributed by atoms with E-state index < -0.39 is 0 Å². The van der Waals surface area contributed by atoms with Crippen LogP contribution in [0, 0.1) is 11.8 Å². The van der Waals surface area contributed by atoms with Crippen LogP contribution in [0.1, 0.15) is 33.1 Å². The highest BCUT2D eigenvalue weighted by Crippen LogP contribution is 2.32. The van der Waals surface area contributed by atoms with Gasteiger partial charge in [-0.2, -0.15) is 4.98 Å². The zero-order valence-electron chi connectivity index (χ0n) is 14.2. The minimum atomic E-state index is 0.209. The third-order valence-electron chi connectivity index (χ3n) is 4.75. The van der Waals surface area contributed by atoms with Crippen molar-refractivity contribution in [2.75, 3.05) is 31.6 Å². The summed E-state index contributed by atoms with van der Waals surface area (Å²) in [5.41, 5.74) is 0. The van der Waals surface area contributed by atoms with E-state index >= 15 is 0 Å². The van der Waals surface area contributed by atoms with Gasteiger partial charge >= 0.3 is 0 Å². The molecule has 2 aliphatic rings. The molecule has 2 heterocycles. The Morgan fingerprint density at radius 3 is 2.83 bits per heavy atom. The number of hydrogen-bond donors (Lipinski definition) is 0. The Bertz CT molecular complexity index is 559. The monoisotopic (exact) mass is 318 g/mol. The summed E-state index contributed by atoms with van der Waals surface area (Å²) in [5, 5.41) is 0. The number of carbonyl (C=O) groups is 1. The quantitative estimate of drug-likeness (QED) is 0.830. The van der Waals surface area contributed by atoms with E-state index in [1.807, 2.05) is 0 Å². The Balaban J connectivity index is 1.81. The molecule has 3 rings (SSSR count). The molecule has 1 aliphatic heterocycles. The Morgan fingerprint density at radius 1 is 1.39 bits per heavy atom. The second-order valence-corrected chi connectivity index (χ2v) is 6.90. The number of ether oxygens (including phenoxy) is 1. The van der Waals surface area contributed by atoms with Crippen molar-refractivity contribution in [3.8, 4) is 5.88 Å². The van der Waals surface area contributed by atoms with Gasteiger partial charge in [0.2, 0.25) is 17.7 Å². The van der Waals surface area contributed by atoms with E-state index in [1.54, 1.807) is 19.4 Å². The van der Waals surface area contributed by atoms with Crippen LogP contribution in [-0.4, -0.2) is 53.6 Å². The zero-order chi connectivity index (χ0) is 16.4. The fourth-order valence-corrected chi connectivity index (χ4v) is 3.14. The van der Waals surface area contributed by atoms with Gasteiger partial charge in [0.15, 0.2) is 0 Å². The molecule has 0 radical (unpaired) electrons. The number of methoxy groups -OCH3 is 1. The van der Waals surface area contributed by atoms with E-state index in [0.717, 1.165) is 13.1 Å². The molecule has 0 N–H and O–H groups in total. The van der Waals surface area contributed by atoms with Crippen molar-refractivity contribution in [3.05, 3.63) is 12.3 Å². The first-order valence-corrected chi connectivity index (χ1v) is 8.50. The fraction of sp³-hybridized carbons (Fsp3) is 0.706. The molecule has 2 fully saturated rings. The van der Waals surface area contributed by atoms with Crippen molar-refractivity contribution in [2.45, 2.75) is 39.2 Å². The van der Waals surface area contributed by atoms with E-state index in [4.69, 9.17) is 4.74 Å². The summed E-state index contributed by atoms with van der Waals surface area (Å²) in [6, 6.07) is 1.95. The second-order valence-electron chi connectivity index (χ2n) is 6.90. The number of aromatic nitrogens is 2. The molecule has 1 saturated heterocycles. The molecular weight excluding hydrogens is 292 g/mol. The highest BCUT2D eigenvalue weighted by Gasteiger charge is 2.36. The normalized spacial score (nSPS) is 22.4. The molecule has 0 aromatic carbocycles. The van der Waals surface area contributed by atoms with Crippen molar-refractivity contribution >= 4 is 11.9 Å². The number of hydrogen-bond acceptors (Lipinski definition) is 5. The summed E-state index contributed by atoms with van der Waals surface area (Å²) in [6.45, 7) is 6.73. The van der Waals surface area contributed by atoms with Crippen molar-refractivity contribution < 1.29 is 9.53 Å². The first kappa shape index (κ1) is 16.0. The maximum absolute atomic E-state index is 12.6. The highest BCUT2D eigenvalue weighted by molar-refractivity contribution is 5.78. The van der Waals surface area contributed by atoms with Crippen LogP contribution in [0.15, 0.2) is 12.3 Å². The van der Waals surface area contributed by atoms with Crippen LogP contribution in [0.3, 0.4) is 0 Å². The highest BCUT2D eigenvalue weighted by atomic mass is 16.5. The summed E-state index contributed by atoms with van der Waals surface area (Å²) < 4.78 is 5.20. The molecule has 126 valence electrons. The van der Waals surface area contributed by atoms with Crippen LogP contribution in [0.5, 0.6) is 5.88 Å². The fourth-order valence-electron chi connectivity index (χ4n) is 3.14. The Morgan fingerprint density at radius 2 is 2.17 bits per heavy atom. The van der Waals surface area contributed by atoms with Crippen molar-refractivity contribution in [1.82, 2.24) is 14.9 Å². The largest absolute Gasteiger partial charge is 0.481 e. The van der Waals surface area contributed by atoms with Gasteiger partial charge in [0.25, 0.3) is 0 Å². The zero-order valence-corrected chi connectivity index (χ0v) is 14.2. The van der Waals surface area contributed by atoms with Gasteiger partial charge in [0.1, 0.15) is 0 Å². The third-order valence-corrected chi connectivity index (χ3v) is 4.75. The maximum Gasteiger partial charge on any atom is 0.228 e. The van der Waals surface area contributed by atoms with E-state index in [-0.39, 0.29) is 11.9 Å². The number of carbonyl (C=O) groups excluding carboxylic acids is 1. The molecule has 6 nitrogen and oxygen atoms in total. The van der Waals surface area contributed by atoms with Crippen LogP contribution in [0.25, 0.3) is 0 Å². The Labute approximate surface area is 137 Å². The van der Waals surface area contributed by atoms with Gasteiger partial charge in [-0.3, -0.25) is 4.79 Å². The van der Waals surface area contributed by atoms with E-state index in [1.165, 1.54) is 12.8 Å². The minimum Gasteiger partial charge on any atom is -0.481 e. The molecule has 23 heavy (non-hydrogen) atoms. The molecule has 1 aromatic rings. The lowest BCUT2D eigenvalue weighted by atomic mass is 10.0. The van der Waals surface area contributed by atoms with Crippen molar-refractivity contribution in [2.24, 2.45) is 11.8 Å². The summed E-state index contributed by atoms with van der Waals surface area (Å²) in [6.07, 6.45) is 4.76. The lowest BCUT2D eigenvalue weighted by molar-refractivity contribution is -0.133. The van der Waals surface area contributed by atoms with Crippen LogP contribution in [-0.2, 0) is 4.79 Å². The minimum absolute atomic E-state index is 0.209. The molecule has 0 bridgehead atoms. The summed E-state index contributed by atoms with van der Waals surface area (Å²) in [5.74, 6) is 2.59. The first-order chi connectivity index (χ1) is 11.1.